The highest BCUT2D eigenvalue weighted by Gasteiger charge is 2.58. The number of hydrogen-bond acceptors (Lipinski definition) is 1. The second-order valence-electron chi connectivity index (χ2n) is 7.22. The third kappa shape index (κ3) is 1.17. The Labute approximate surface area is 110 Å². The molecule has 0 N–H and O–H groups in total. The highest BCUT2D eigenvalue weighted by molar-refractivity contribution is 5.44. The Balaban J connectivity index is 1.91. The quantitative estimate of drug-likeness (QED) is 0.661. The van der Waals surface area contributed by atoms with Gasteiger partial charge in [0.15, 0.2) is 0 Å². The standard InChI is InChI=1S/C17H22O/c1-16(2)11-8-9-17(3)13-7-5-4-6-12(13)15(18-16)14(17)10-11/h4-7,11,14-15H,8-10H2,1-3H3/t11-,14+,15-,17+/m0/s1. The molecule has 2 aliphatic carbocycles. The molecule has 2 fully saturated rings. The molecule has 18 heavy (non-hydrogen) atoms. The van der Waals surface area contributed by atoms with Gasteiger partial charge in [0, 0.05) is 0 Å². The van der Waals surface area contributed by atoms with E-state index in [1.165, 1.54) is 24.8 Å². The molecule has 3 aliphatic rings. The molecule has 1 heterocycles. The lowest BCUT2D eigenvalue weighted by Gasteiger charge is -2.52. The molecular formula is C17H22O. The van der Waals surface area contributed by atoms with E-state index in [1.807, 2.05) is 0 Å². The Hall–Kier alpha value is -0.820. The molecule has 96 valence electrons. The summed E-state index contributed by atoms with van der Waals surface area (Å²) in [5.41, 5.74) is 3.46. The van der Waals surface area contributed by atoms with Gasteiger partial charge < -0.3 is 4.74 Å². The van der Waals surface area contributed by atoms with Gasteiger partial charge in [0.25, 0.3) is 0 Å². The van der Waals surface area contributed by atoms with E-state index in [4.69, 9.17) is 4.74 Å². The molecular weight excluding hydrogens is 220 g/mol. The van der Waals surface area contributed by atoms with Gasteiger partial charge in [0.2, 0.25) is 0 Å². The van der Waals surface area contributed by atoms with Crippen LogP contribution < -0.4 is 0 Å². The number of rotatable bonds is 0. The summed E-state index contributed by atoms with van der Waals surface area (Å²) in [6, 6.07) is 8.99. The van der Waals surface area contributed by atoms with E-state index in [2.05, 4.69) is 45.0 Å². The van der Waals surface area contributed by atoms with Crippen LogP contribution in [0.5, 0.6) is 0 Å². The maximum absolute atomic E-state index is 6.52. The fourth-order valence-corrected chi connectivity index (χ4v) is 4.82. The summed E-state index contributed by atoms with van der Waals surface area (Å²) in [7, 11) is 0. The Bertz CT molecular complexity index is 504. The minimum Gasteiger partial charge on any atom is -0.367 e. The van der Waals surface area contributed by atoms with Crippen molar-refractivity contribution in [2.45, 2.75) is 57.2 Å². The molecule has 0 radical (unpaired) electrons. The summed E-state index contributed by atoms with van der Waals surface area (Å²) in [6.45, 7) is 7.04. The highest BCUT2D eigenvalue weighted by Crippen LogP contribution is 2.63. The van der Waals surface area contributed by atoms with Crippen molar-refractivity contribution in [3.63, 3.8) is 0 Å². The zero-order chi connectivity index (χ0) is 12.5. The fraction of sp³-hybridized carbons (Fsp3) is 0.647. The summed E-state index contributed by atoms with van der Waals surface area (Å²) in [4.78, 5) is 0. The maximum Gasteiger partial charge on any atom is 0.0871 e. The molecule has 1 nitrogen and oxygen atoms in total. The van der Waals surface area contributed by atoms with Crippen molar-refractivity contribution in [1.82, 2.24) is 0 Å². The molecule has 1 saturated carbocycles. The molecule has 1 saturated heterocycles. The van der Waals surface area contributed by atoms with Crippen molar-refractivity contribution in [1.29, 1.82) is 0 Å². The molecule has 1 aromatic rings. The van der Waals surface area contributed by atoms with Crippen LogP contribution in [0.2, 0.25) is 0 Å². The predicted octanol–water partition coefficient (Wildman–Crippen LogP) is 4.22. The Morgan fingerprint density at radius 1 is 1.17 bits per heavy atom. The van der Waals surface area contributed by atoms with E-state index in [9.17, 15) is 0 Å². The first kappa shape index (κ1) is 11.0. The summed E-state index contributed by atoms with van der Waals surface area (Å²) in [6.07, 6.45) is 4.35. The van der Waals surface area contributed by atoms with Crippen molar-refractivity contribution in [3.05, 3.63) is 35.4 Å². The van der Waals surface area contributed by atoms with Gasteiger partial charge in [-0.1, -0.05) is 31.2 Å². The molecule has 4 rings (SSSR count). The summed E-state index contributed by atoms with van der Waals surface area (Å²) >= 11 is 0. The predicted molar refractivity (Wildman–Crippen MR) is 72.5 cm³/mol. The number of ether oxygens (including phenoxy) is 1. The normalized spacial score (nSPS) is 43.6. The first-order chi connectivity index (χ1) is 8.52. The van der Waals surface area contributed by atoms with Crippen LogP contribution in [-0.2, 0) is 10.2 Å². The first-order valence-electron chi connectivity index (χ1n) is 7.29. The molecule has 0 spiro atoms. The monoisotopic (exact) mass is 242 g/mol. The zero-order valence-electron chi connectivity index (χ0n) is 11.6. The molecule has 1 heteroatoms. The van der Waals surface area contributed by atoms with Crippen LogP contribution in [0.15, 0.2) is 24.3 Å². The van der Waals surface area contributed by atoms with Gasteiger partial charge in [0.1, 0.15) is 0 Å². The van der Waals surface area contributed by atoms with Crippen LogP contribution in [0.3, 0.4) is 0 Å². The van der Waals surface area contributed by atoms with Crippen LogP contribution in [0.25, 0.3) is 0 Å². The van der Waals surface area contributed by atoms with E-state index in [0.717, 1.165) is 5.92 Å². The Kier molecular flexibility index (Phi) is 1.96. The Morgan fingerprint density at radius 3 is 2.78 bits per heavy atom. The fourth-order valence-electron chi connectivity index (χ4n) is 4.82. The summed E-state index contributed by atoms with van der Waals surface area (Å²) in [5, 5.41) is 0. The lowest BCUT2D eigenvalue weighted by molar-refractivity contribution is -0.192. The van der Waals surface area contributed by atoms with Crippen LogP contribution in [0, 0.1) is 11.8 Å². The molecule has 0 aromatic heterocycles. The molecule has 2 bridgehead atoms. The number of hydrogen-bond donors (Lipinski definition) is 0. The van der Waals surface area contributed by atoms with Gasteiger partial charge in [-0.15, -0.1) is 0 Å². The van der Waals surface area contributed by atoms with Crippen molar-refractivity contribution in [3.8, 4) is 0 Å². The van der Waals surface area contributed by atoms with Crippen molar-refractivity contribution in [2.24, 2.45) is 11.8 Å². The largest absolute Gasteiger partial charge is 0.367 e. The maximum atomic E-state index is 6.52. The molecule has 1 aliphatic heterocycles. The van der Waals surface area contributed by atoms with Crippen molar-refractivity contribution < 1.29 is 4.74 Å². The van der Waals surface area contributed by atoms with Crippen LogP contribution in [-0.4, -0.2) is 5.60 Å². The number of benzene rings is 1. The topological polar surface area (TPSA) is 9.23 Å². The lowest BCUT2D eigenvalue weighted by Crippen LogP contribution is -2.50. The van der Waals surface area contributed by atoms with Gasteiger partial charge in [0.05, 0.1) is 11.7 Å². The van der Waals surface area contributed by atoms with Gasteiger partial charge in [-0.05, 0) is 61.5 Å². The van der Waals surface area contributed by atoms with E-state index in [0.29, 0.717) is 17.4 Å². The minimum absolute atomic E-state index is 0.0555. The summed E-state index contributed by atoms with van der Waals surface area (Å²) in [5.74, 6) is 1.46. The lowest BCUT2D eigenvalue weighted by atomic mass is 9.60. The zero-order valence-corrected chi connectivity index (χ0v) is 11.6. The molecule has 4 atom stereocenters. The second-order valence-corrected chi connectivity index (χ2v) is 7.22. The van der Waals surface area contributed by atoms with Gasteiger partial charge in [-0.3, -0.25) is 0 Å². The van der Waals surface area contributed by atoms with E-state index < -0.39 is 0 Å². The number of fused-ring (bicyclic) bond motifs is 4. The molecule has 0 unspecified atom stereocenters. The van der Waals surface area contributed by atoms with E-state index >= 15 is 0 Å². The van der Waals surface area contributed by atoms with Crippen LogP contribution in [0.4, 0.5) is 0 Å². The second kappa shape index (κ2) is 3.19. The van der Waals surface area contributed by atoms with Crippen LogP contribution in [0.1, 0.15) is 57.3 Å². The molecule has 0 amide bonds. The Morgan fingerprint density at radius 2 is 1.94 bits per heavy atom. The average Bonchev–Trinajstić information content (AvgIpc) is 2.61. The van der Waals surface area contributed by atoms with Crippen LogP contribution >= 0.6 is 0 Å². The van der Waals surface area contributed by atoms with Gasteiger partial charge in [-0.25, -0.2) is 0 Å². The average molecular weight is 242 g/mol. The third-order valence-electron chi connectivity index (χ3n) is 6.03. The smallest absolute Gasteiger partial charge is 0.0871 e. The van der Waals surface area contributed by atoms with Crippen molar-refractivity contribution >= 4 is 0 Å². The van der Waals surface area contributed by atoms with E-state index in [1.54, 1.807) is 5.56 Å². The SMILES string of the molecule is CC1(C)O[C@H]2c3ccccc3[C@@]3(C)CC[C@H]1C[C@H]23. The summed E-state index contributed by atoms with van der Waals surface area (Å²) < 4.78 is 6.52. The van der Waals surface area contributed by atoms with E-state index in [-0.39, 0.29) is 5.60 Å². The minimum atomic E-state index is 0.0555. The first-order valence-corrected chi connectivity index (χ1v) is 7.29. The highest BCUT2D eigenvalue weighted by atomic mass is 16.5. The van der Waals surface area contributed by atoms with Gasteiger partial charge >= 0.3 is 0 Å². The molecule has 1 aromatic carbocycles. The van der Waals surface area contributed by atoms with Gasteiger partial charge in [-0.2, -0.15) is 0 Å². The van der Waals surface area contributed by atoms with Crippen molar-refractivity contribution in [2.75, 3.05) is 0 Å². The third-order valence-corrected chi connectivity index (χ3v) is 6.03.